The molecule has 2 bridgehead atoms. The third-order valence-electron chi connectivity index (χ3n) is 5.65. The number of carbonyl (C=O) groups is 2. The number of nitrogens with one attached hydrogen (secondary N) is 1. The molecule has 2 aromatic rings. The van der Waals surface area contributed by atoms with Gasteiger partial charge in [-0.1, -0.05) is 12.2 Å². The van der Waals surface area contributed by atoms with Crippen LogP contribution in [0, 0.1) is 23.7 Å². The Morgan fingerprint density at radius 3 is 2.64 bits per heavy atom. The topological polar surface area (TPSA) is 92.4 Å². The number of carboxylic acids is 1. The van der Waals surface area contributed by atoms with Gasteiger partial charge in [0.15, 0.2) is 11.5 Å². The third kappa shape index (κ3) is 2.35. The zero-order valence-electron chi connectivity index (χ0n) is 13.5. The molecule has 25 heavy (non-hydrogen) atoms. The zero-order valence-corrected chi connectivity index (χ0v) is 13.5. The van der Waals surface area contributed by atoms with Crippen molar-refractivity contribution in [1.29, 1.82) is 0 Å². The van der Waals surface area contributed by atoms with Crippen molar-refractivity contribution in [3.8, 4) is 0 Å². The second kappa shape index (κ2) is 5.18. The Morgan fingerprint density at radius 1 is 1.16 bits per heavy atom. The largest absolute Gasteiger partial charge is 0.481 e. The molecule has 1 aromatic heterocycles. The monoisotopic (exact) mass is 338 g/mol. The predicted octanol–water partition coefficient (Wildman–Crippen LogP) is 3.17. The minimum atomic E-state index is -0.891. The molecule has 3 aliphatic carbocycles. The summed E-state index contributed by atoms with van der Waals surface area (Å²) in [5.74, 6) is -1.08. The van der Waals surface area contributed by atoms with E-state index in [2.05, 4.69) is 10.3 Å². The van der Waals surface area contributed by atoms with E-state index in [1.165, 1.54) is 0 Å². The summed E-state index contributed by atoms with van der Waals surface area (Å²) in [5.41, 5.74) is 2.07. The number of carboxylic acid groups (broad SMARTS) is 1. The number of fused-ring (bicyclic) bond motifs is 3. The minimum Gasteiger partial charge on any atom is -0.481 e. The number of anilines is 1. The normalized spacial score (nSPS) is 30.1. The lowest BCUT2D eigenvalue weighted by atomic mass is 9.82. The first-order valence-corrected chi connectivity index (χ1v) is 8.72. The molecule has 0 radical (unpaired) electrons. The SMILES string of the molecule is O=C(O)[C@H]1[C@H](C(=O)Nc2ccc3oc(C4CC4)nc3c2)[C@H]2C=C[C@H]1C2. The molecule has 1 aromatic carbocycles. The number of hydrogen-bond acceptors (Lipinski definition) is 4. The second-order valence-electron chi connectivity index (χ2n) is 7.34. The van der Waals surface area contributed by atoms with Crippen LogP contribution in [0.15, 0.2) is 34.8 Å². The molecule has 2 N–H and O–H groups in total. The maximum absolute atomic E-state index is 12.7. The van der Waals surface area contributed by atoms with Crippen molar-refractivity contribution >= 4 is 28.7 Å². The van der Waals surface area contributed by atoms with E-state index in [-0.39, 0.29) is 17.7 Å². The molecule has 2 fully saturated rings. The molecule has 6 nitrogen and oxygen atoms in total. The average molecular weight is 338 g/mol. The van der Waals surface area contributed by atoms with Gasteiger partial charge in [0.05, 0.1) is 11.8 Å². The van der Waals surface area contributed by atoms with Crippen molar-refractivity contribution in [3.63, 3.8) is 0 Å². The van der Waals surface area contributed by atoms with Crippen molar-refractivity contribution in [3.05, 3.63) is 36.2 Å². The fourth-order valence-electron chi connectivity index (χ4n) is 4.27. The summed E-state index contributed by atoms with van der Waals surface area (Å²) in [5, 5.41) is 12.4. The zero-order chi connectivity index (χ0) is 17.1. The minimum absolute atomic E-state index is 0.0170. The van der Waals surface area contributed by atoms with E-state index in [1.807, 2.05) is 12.2 Å². The maximum atomic E-state index is 12.7. The Labute approximate surface area is 143 Å². The number of benzene rings is 1. The van der Waals surface area contributed by atoms with E-state index >= 15 is 0 Å². The molecule has 0 saturated heterocycles. The second-order valence-corrected chi connectivity index (χ2v) is 7.34. The van der Waals surface area contributed by atoms with E-state index in [4.69, 9.17) is 4.42 Å². The van der Waals surface area contributed by atoms with Crippen molar-refractivity contribution in [2.24, 2.45) is 23.7 Å². The molecule has 2 saturated carbocycles. The van der Waals surface area contributed by atoms with Crippen LogP contribution in [0.3, 0.4) is 0 Å². The van der Waals surface area contributed by atoms with Crippen LogP contribution in [-0.4, -0.2) is 22.0 Å². The van der Waals surface area contributed by atoms with Gasteiger partial charge in [-0.05, 0) is 49.3 Å². The molecule has 0 aliphatic heterocycles. The Morgan fingerprint density at radius 2 is 1.92 bits per heavy atom. The number of allylic oxidation sites excluding steroid dienone is 2. The number of aliphatic carboxylic acids is 1. The lowest BCUT2D eigenvalue weighted by molar-refractivity contribution is -0.146. The van der Waals surface area contributed by atoms with Gasteiger partial charge in [-0.3, -0.25) is 9.59 Å². The smallest absolute Gasteiger partial charge is 0.307 e. The van der Waals surface area contributed by atoms with Crippen LogP contribution >= 0.6 is 0 Å². The van der Waals surface area contributed by atoms with Gasteiger partial charge >= 0.3 is 5.97 Å². The van der Waals surface area contributed by atoms with Crippen LogP contribution in [0.1, 0.15) is 31.1 Å². The Kier molecular flexibility index (Phi) is 3.04. The standard InChI is InChI=1S/C19H18N2O4/c22-17(15-10-3-4-11(7-10)16(15)19(23)24)20-12-5-6-14-13(8-12)21-18(25-14)9-1-2-9/h3-6,8-11,15-16H,1-2,7H2,(H,20,22)(H,23,24)/t10-,11-,15+,16+/m0/s1. The maximum Gasteiger partial charge on any atom is 0.307 e. The molecule has 5 rings (SSSR count). The number of carbonyl (C=O) groups excluding carboxylic acids is 1. The first kappa shape index (κ1) is 14.7. The molecule has 128 valence electrons. The van der Waals surface area contributed by atoms with Crippen molar-refractivity contribution in [2.75, 3.05) is 5.32 Å². The molecule has 3 aliphatic rings. The Bertz CT molecular complexity index is 911. The number of rotatable bonds is 4. The molecule has 1 amide bonds. The van der Waals surface area contributed by atoms with E-state index < -0.39 is 17.8 Å². The number of nitrogens with zero attached hydrogens (tertiary/aromatic N) is 1. The molecule has 0 unspecified atom stereocenters. The summed E-state index contributed by atoms with van der Waals surface area (Å²) in [6.07, 6.45) is 6.91. The van der Waals surface area contributed by atoms with Gasteiger partial charge in [0.25, 0.3) is 0 Å². The average Bonchev–Trinajstić information content (AvgIpc) is 3.04. The lowest BCUT2D eigenvalue weighted by Crippen LogP contribution is -2.36. The summed E-state index contributed by atoms with van der Waals surface area (Å²) in [6, 6.07) is 5.38. The van der Waals surface area contributed by atoms with E-state index in [1.54, 1.807) is 18.2 Å². The number of amides is 1. The molecule has 4 atom stereocenters. The predicted molar refractivity (Wildman–Crippen MR) is 90.0 cm³/mol. The Balaban J connectivity index is 1.39. The van der Waals surface area contributed by atoms with Gasteiger partial charge in [-0.15, -0.1) is 0 Å². The van der Waals surface area contributed by atoms with Crippen molar-refractivity contribution in [2.45, 2.75) is 25.2 Å². The summed E-state index contributed by atoms with van der Waals surface area (Å²) in [7, 11) is 0. The number of aromatic nitrogens is 1. The summed E-state index contributed by atoms with van der Waals surface area (Å²) >= 11 is 0. The molecular formula is C19H18N2O4. The highest BCUT2D eigenvalue weighted by atomic mass is 16.4. The Hall–Kier alpha value is -2.63. The summed E-state index contributed by atoms with van der Waals surface area (Å²) < 4.78 is 5.73. The van der Waals surface area contributed by atoms with Gasteiger partial charge in [0.1, 0.15) is 5.52 Å². The van der Waals surface area contributed by atoms with E-state index in [0.717, 1.165) is 30.7 Å². The fraction of sp³-hybridized carbons (Fsp3) is 0.421. The quantitative estimate of drug-likeness (QED) is 0.835. The first-order chi connectivity index (χ1) is 12.1. The molecule has 6 heteroatoms. The molecule has 1 heterocycles. The molecule has 0 spiro atoms. The van der Waals surface area contributed by atoms with E-state index in [0.29, 0.717) is 17.2 Å². The van der Waals surface area contributed by atoms with Gasteiger partial charge in [-0.2, -0.15) is 0 Å². The van der Waals surface area contributed by atoms with Crippen LogP contribution in [0.5, 0.6) is 0 Å². The first-order valence-electron chi connectivity index (χ1n) is 8.72. The van der Waals surface area contributed by atoms with Gasteiger partial charge < -0.3 is 14.8 Å². The lowest BCUT2D eigenvalue weighted by Gasteiger charge is -2.23. The molecular weight excluding hydrogens is 320 g/mol. The highest BCUT2D eigenvalue weighted by Crippen LogP contribution is 2.48. The number of hydrogen-bond donors (Lipinski definition) is 2. The van der Waals surface area contributed by atoms with Crippen LogP contribution in [0.2, 0.25) is 0 Å². The van der Waals surface area contributed by atoms with Gasteiger partial charge in [0.2, 0.25) is 5.91 Å². The van der Waals surface area contributed by atoms with Crippen molar-refractivity contribution in [1.82, 2.24) is 4.98 Å². The highest BCUT2D eigenvalue weighted by molar-refractivity contribution is 5.97. The highest BCUT2D eigenvalue weighted by Gasteiger charge is 2.51. The van der Waals surface area contributed by atoms with Crippen LogP contribution in [0.4, 0.5) is 5.69 Å². The van der Waals surface area contributed by atoms with Gasteiger partial charge in [-0.25, -0.2) is 4.98 Å². The van der Waals surface area contributed by atoms with Gasteiger partial charge in [0, 0.05) is 11.6 Å². The van der Waals surface area contributed by atoms with Crippen LogP contribution in [0.25, 0.3) is 11.1 Å². The van der Waals surface area contributed by atoms with Crippen LogP contribution < -0.4 is 5.32 Å². The fourth-order valence-corrected chi connectivity index (χ4v) is 4.27. The third-order valence-corrected chi connectivity index (χ3v) is 5.65. The van der Waals surface area contributed by atoms with E-state index in [9.17, 15) is 14.7 Å². The summed E-state index contributed by atoms with van der Waals surface area (Å²) in [6.45, 7) is 0. The summed E-state index contributed by atoms with van der Waals surface area (Å²) in [4.78, 5) is 28.8. The van der Waals surface area contributed by atoms with Crippen LogP contribution in [-0.2, 0) is 9.59 Å². The van der Waals surface area contributed by atoms with Crippen molar-refractivity contribution < 1.29 is 19.1 Å². The number of oxazole rings is 1.